The maximum atomic E-state index is 11.5. The van der Waals surface area contributed by atoms with Gasteiger partial charge in [0.05, 0.1) is 0 Å². The second kappa shape index (κ2) is 6.87. The van der Waals surface area contributed by atoms with E-state index in [9.17, 15) is 8.42 Å². The molecular weight excluding hydrogens is 272 g/mol. The summed E-state index contributed by atoms with van der Waals surface area (Å²) in [4.78, 5) is 0.867. The molecular formula is C11H16N2O3S2. The van der Waals surface area contributed by atoms with Gasteiger partial charge in [-0.2, -0.15) is 17.9 Å². The smallest absolute Gasteiger partial charge is 0.277 e. The molecule has 0 aliphatic carbocycles. The Morgan fingerprint density at radius 1 is 1.50 bits per heavy atom. The van der Waals surface area contributed by atoms with Crippen LogP contribution < -0.4 is 9.44 Å². The minimum absolute atomic E-state index is 0.142. The molecule has 0 unspecified atom stereocenters. The maximum Gasteiger partial charge on any atom is 0.277 e. The standard InChI is InChI=1S/C11H16N2O3S2/c1-9(2)13-18(15,16)12-7-11-6-10(8-17-11)4-3-5-14/h6,8-9,12-14H,5,7H2,1-2H3. The van der Waals surface area contributed by atoms with Crippen molar-refractivity contribution in [2.75, 3.05) is 6.61 Å². The molecule has 0 fully saturated rings. The van der Waals surface area contributed by atoms with Crippen LogP contribution in [0.4, 0.5) is 0 Å². The zero-order chi connectivity index (χ0) is 13.6. The normalized spacial score (nSPS) is 11.3. The van der Waals surface area contributed by atoms with E-state index < -0.39 is 10.2 Å². The van der Waals surface area contributed by atoms with Gasteiger partial charge in [-0.15, -0.1) is 11.3 Å². The minimum atomic E-state index is -3.46. The molecule has 1 aromatic rings. The molecule has 0 bridgehead atoms. The summed E-state index contributed by atoms with van der Waals surface area (Å²) < 4.78 is 27.9. The first-order valence-corrected chi connectivity index (χ1v) is 7.73. The Bertz CT molecular complexity index is 538. The van der Waals surface area contributed by atoms with Crippen LogP contribution in [0.2, 0.25) is 0 Å². The summed E-state index contributed by atoms with van der Waals surface area (Å²) in [5, 5.41) is 10.4. The minimum Gasteiger partial charge on any atom is -0.384 e. The van der Waals surface area contributed by atoms with Crippen molar-refractivity contribution in [1.29, 1.82) is 0 Å². The molecule has 0 radical (unpaired) electrons. The van der Waals surface area contributed by atoms with Crippen LogP contribution in [-0.2, 0) is 16.8 Å². The predicted octanol–water partition coefficient (Wildman–Crippen LogP) is 0.424. The molecule has 0 atom stereocenters. The second-order valence-corrected chi connectivity index (χ2v) is 6.39. The van der Waals surface area contributed by atoms with Gasteiger partial charge in [0, 0.05) is 28.4 Å². The van der Waals surface area contributed by atoms with Crippen LogP contribution in [0.25, 0.3) is 0 Å². The topological polar surface area (TPSA) is 78.4 Å². The highest BCUT2D eigenvalue weighted by Crippen LogP contribution is 2.13. The number of rotatable bonds is 5. The lowest BCUT2D eigenvalue weighted by Crippen LogP contribution is -2.39. The van der Waals surface area contributed by atoms with Crippen molar-refractivity contribution in [2.24, 2.45) is 0 Å². The quantitative estimate of drug-likeness (QED) is 0.687. The lowest BCUT2D eigenvalue weighted by atomic mass is 10.3. The molecule has 1 heterocycles. The van der Waals surface area contributed by atoms with E-state index in [1.807, 2.05) is 5.38 Å². The van der Waals surface area contributed by atoms with Crippen LogP contribution in [-0.4, -0.2) is 26.2 Å². The van der Waals surface area contributed by atoms with Crippen LogP contribution in [0.1, 0.15) is 24.3 Å². The van der Waals surface area contributed by atoms with Gasteiger partial charge in [-0.1, -0.05) is 11.8 Å². The molecule has 0 aliphatic heterocycles. The van der Waals surface area contributed by atoms with Crippen molar-refractivity contribution in [2.45, 2.75) is 26.4 Å². The van der Waals surface area contributed by atoms with Crippen molar-refractivity contribution >= 4 is 21.5 Å². The van der Waals surface area contributed by atoms with Gasteiger partial charge in [-0.3, -0.25) is 0 Å². The molecule has 0 aromatic carbocycles. The lowest BCUT2D eigenvalue weighted by molar-refractivity contribution is 0.350. The largest absolute Gasteiger partial charge is 0.384 e. The van der Waals surface area contributed by atoms with Crippen molar-refractivity contribution in [3.8, 4) is 11.8 Å². The summed E-state index contributed by atoms with van der Waals surface area (Å²) in [6.45, 7) is 3.56. The number of hydrogen-bond acceptors (Lipinski definition) is 4. The van der Waals surface area contributed by atoms with Crippen LogP contribution in [0, 0.1) is 11.8 Å². The van der Waals surface area contributed by atoms with Crippen LogP contribution in [0.15, 0.2) is 11.4 Å². The van der Waals surface area contributed by atoms with Gasteiger partial charge in [0.15, 0.2) is 0 Å². The molecule has 0 saturated heterocycles. The molecule has 1 aromatic heterocycles. The van der Waals surface area contributed by atoms with Crippen molar-refractivity contribution in [3.05, 3.63) is 21.9 Å². The van der Waals surface area contributed by atoms with Gasteiger partial charge >= 0.3 is 0 Å². The highest BCUT2D eigenvalue weighted by Gasteiger charge is 2.11. The third kappa shape index (κ3) is 5.62. The number of hydrogen-bond donors (Lipinski definition) is 3. The van der Waals surface area contributed by atoms with Crippen LogP contribution >= 0.6 is 11.3 Å². The van der Waals surface area contributed by atoms with E-state index in [-0.39, 0.29) is 19.2 Å². The molecule has 0 amide bonds. The Morgan fingerprint density at radius 3 is 2.83 bits per heavy atom. The Balaban J connectivity index is 2.56. The molecule has 18 heavy (non-hydrogen) atoms. The Hall–Kier alpha value is -0.910. The predicted molar refractivity (Wildman–Crippen MR) is 72.3 cm³/mol. The maximum absolute atomic E-state index is 11.5. The number of thiophene rings is 1. The molecule has 0 spiro atoms. The van der Waals surface area contributed by atoms with Gasteiger partial charge in [0.25, 0.3) is 10.2 Å². The number of aliphatic hydroxyl groups is 1. The zero-order valence-corrected chi connectivity index (χ0v) is 11.9. The Kier molecular flexibility index (Phi) is 5.78. The van der Waals surface area contributed by atoms with Crippen molar-refractivity contribution < 1.29 is 13.5 Å². The van der Waals surface area contributed by atoms with Gasteiger partial charge in [0.2, 0.25) is 0 Å². The lowest BCUT2D eigenvalue weighted by Gasteiger charge is -2.09. The average Bonchev–Trinajstić information content (AvgIpc) is 2.70. The summed E-state index contributed by atoms with van der Waals surface area (Å²) >= 11 is 1.42. The van der Waals surface area contributed by atoms with Crippen molar-refractivity contribution in [1.82, 2.24) is 9.44 Å². The highest BCUT2D eigenvalue weighted by molar-refractivity contribution is 7.87. The first kappa shape index (κ1) is 15.1. The fraction of sp³-hybridized carbons (Fsp3) is 0.455. The van der Waals surface area contributed by atoms with E-state index >= 15 is 0 Å². The summed E-state index contributed by atoms with van der Waals surface area (Å²) in [5.74, 6) is 5.30. The average molecular weight is 288 g/mol. The van der Waals surface area contributed by atoms with E-state index in [1.54, 1.807) is 19.9 Å². The first-order valence-electron chi connectivity index (χ1n) is 5.37. The number of aliphatic hydroxyl groups excluding tert-OH is 1. The molecule has 1 rings (SSSR count). The molecule has 7 heteroatoms. The summed E-state index contributed by atoms with van der Waals surface area (Å²) in [6.07, 6.45) is 0. The van der Waals surface area contributed by atoms with E-state index in [2.05, 4.69) is 21.3 Å². The van der Waals surface area contributed by atoms with Crippen molar-refractivity contribution in [3.63, 3.8) is 0 Å². The Labute approximate surface area is 111 Å². The summed E-state index contributed by atoms with van der Waals surface area (Å²) in [7, 11) is -3.46. The molecule has 0 aliphatic rings. The van der Waals surface area contributed by atoms with Crippen LogP contribution in [0.5, 0.6) is 0 Å². The molecule has 5 nitrogen and oxygen atoms in total. The van der Waals surface area contributed by atoms with E-state index in [1.165, 1.54) is 11.3 Å². The third-order valence-electron chi connectivity index (χ3n) is 1.79. The number of nitrogens with one attached hydrogen (secondary N) is 2. The molecule has 3 N–H and O–H groups in total. The highest BCUT2D eigenvalue weighted by atomic mass is 32.2. The fourth-order valence-corrected chi connectivity index (χ4v) is 3.10. The van der Waals surface area contributed by atoms with Gasteiger partial charge in [-0.25, -0.2) is 0 Å². The van der Waals surface area contributed by atoms with E-state index in [0.29, 0.717) is 0 Å². The molecule has 0 saturated carbocycles. The molecule has 100 valence electrons. The van der Waals surface area contributed by atoms with E-state index in [0.717, 1.165) is 10.4 Å². The summed E-state index contributed by atoms with van der Waals surface area (Å²) in [5.41, 5.74) is 0.778. The summed E-state index contributed by atoms with van der Waals surface area (Å²) in [6, 6.07) is 1.66. The Morgan fingerprint density at radius 2 is 2.22 bits per heavy atom. The van der Waals surface area contributed by atoms with Crippen LogP contribution in [0.3, 0.4) is 0 Å². The van der Waals surface area contributed by atoms with Gasteiger partial charge in [0.1, 0.15) is 6.61 Å². The van der Waals surface area contributed by atoms with E-state index in [4.69, 9.17) is 5.11 Å². The zero-order valence-electron chi connectivity index (χ0n) is 10.2. The monoisotopic (exact) mass is 288 g/mol. The first-order chi connectivity index (χ1) is 8.43. The van der Waals surface area contributed by atoms with Gasteiger partial charge < -0.3 is 5.11 Å². The second-order valence-electron chi connectivity index (χ2n) is 3.86. The van der Waals surface area contributed by atoms with Gasteiger partial charge in [-0.05, 0) is 19.9 Å². The third-order valence-corrected chi connectivity index (χ3v) is 4.04. The fourth-order valence-electron chi connectivity index (χ4n) is 1.20. The SMILES string of the molecule is CC(C)NS(=O)(=O)NCc1cc(C#CCO)cs1.